The summed E-state index contributed by atoms with van der Waals surface area (Å²) in [5.41, 5.74) is 2.19. The molecule has 1 N–H and O–H groups in total. The molecule has 3 aromatic rings. The first-order chi connectivity index (χ1) is 9.28. The van der Waals surface area contributed by atoms with Gasteiger partial charge >= 0.3 is 0 Å². The summed E-state index contributed by atoms with van der Waals surface area (Å²) >= 11 is 1.79. The van der Waals surface area contributed by atoms with Gasteiger partial charge < -0.3 is 9.73 Å². The van der Waals surface area contributed by atoms with Gasteiger partial charge in [-0.25, -0.2) is 0 Å². The molecule has 19 heavy (non-hydrogen) atoms. The molecule has 0 bridgehead atoms. The molecule has 0 aliphatic heterocycles. The van der Waals surface area contributed by atoms with Crippen LogP contribution in [0.1, 0.15) is 22.2 Å². The molecule has 0 radical (unpaired) electrons. The maximum absolute atomic E-state index is 6.04. The van der Waals surface area contributed by atoms with Crippen molar-refractivity contribution >= 4 is 22.3 Å². The highest BCUT2D eigenvalue weighted by molar-refractivity contribution is 7.09. The molecule has 0 aliphatic carbocycles. The summed E-state index contributed by atoms with van der Waals surface area (Å²) in [6.45, 7) is 2.09. The zero-order valence-corrected chi connectivity index (χ0v) is 12.0. The Morgan fingerprint density at radius 3 is 2.84 bits per heavy atom. The highest BCUT2D eigenvalue weighted by Gasteiger charge is 2.16. The lowest BCUT2D eigenvalue weighted by atomic mass is 10.1. The number of hydrogen-bond acceptors (Lipinski definition) is 3. The van der Waals surface area contributed by atoms with Crippen molar-refractivity contribution in [3.05, 3.63) is 58.0 Å². The van der Waals surface area contributed by atoms with Crippen molar-refractivity contribution in [1.82, 2.24) is 5.32 Å². The van der Waals surface area contributed by atoms with Crippen molar-refractivity contribution in [3.8, 4) is 0 Å². The van der Waals surface area contributed by atoms with E-state index in [-0.39, 0.29) is 6.04 Å². The first-order valence-corrected chi connectivity index (χ1v) is 7.34. The number of furan rings is 1. The summed E-state index contributed by atoms with van der Waals surface area (Å²) in [7, 11) is 1.98. The topological polar surface area (TPSA) is 25.2 Å². The first kappa shape index (κ1) is 12.5. The standard InChI is InChI=1S/C16H17NOS/c1-11-5-3-6-12-9-15(18-16(11)12)14(17-2)10-13-7-4-8-19-13/h3-9,14,17H,10H2,1-2H3. The number of rotatable bonds is 4. The monoisotopic (exact) mass is 271 g/mol. The van der Waals surface area contributed by atoms with Gasteiger partial charge in [-0.2, -0.15) is 0 Å². The number of benzene rings is 1. The van der Waals surface area contributed by atoms with Gasteiger partial charge in [-0.1, -0.05) is 24.3 Å². The second kappa shape index (κ2) is 5.19. The van der Waals surface area contributed by atoms with Gasteiger partial charge in [0, 0.05) is 16.7 Å². The van der Waals surface area contributed by atoms with Crippen molar-refractivity contribution in [2.75, 3.05) is 7.05 Å². The summed E-state index contributed by atoms with van der Waals surface area (Å²) in [5.74, 6) is 1.01. The summed E-state index contributed by atoms with van der Waals surface area (Å²) in [4.78, 5) is 1.37. The Kier molecular flexibility index (Phi) is 3.40. The molecule has 0 spiro atoms. The van der Waals surface area contributed by atoms with Crippen LogP contribution in [0.4, 0.5) is 0 Å². The average Bonchev–Trinajstić information content (AvgIpc) is 3.05. The van der Waals surface area contributed by atoms with Crippen LogP contribution in [0, 0.1) is 6.92 Å². The Balaban J connectivity index is 1.95. The molecule has 98 valence electrons. The number of fused-ring (bicyclic) bond motifs is 1. The van der Waals surface area contributed by atoms with Crippen molar-refractivity contribution in [1.29, 1.82) is 0 Å². The number of para-hydroxylation sites is 1. The number of hydrogen-bond donors (Lipinski definition) is 1. The largest absolute Gasteiger partial charge is 0.459 e. The normalized spacial score (nSPS) is 12.9. The predicted molar refractivity (Wildman–Crippen MR) is 80.8 cm³/mol. The van der Waals surface area contributed by atoms with Gasteiger partial charge in [0.25, 0.3) is 0 Å². The zero-order valence-electron chi connectivity index (χ0n) is 11.1. The molecular formula is C16H17NOS. The SMILES string of the molecule is CNC(Cc1cccs1)c1cc2cccc(C)c2o1. The molecule has 0 aliphatic rings. The van der Waals surface area contributed by atoms with E-state index in [4.69, 9.17) is 4.42 Å². The van der Waals surface area contributed by atoms with E-state index in [2.05, 4.69) is 54.0 Å². The minimum absolute atomic E-state index is 0.227. The number of likely N-dealkylation sites (N-methyl/N-ethyl adjacent to an activating group) is 1. The van der Waals surface area contributed by atoms with Gasteiger partial charge in [-0.3, -0.25) is 0 Å². The average molecular weight is 271 g/mol. The van der Waals surface area contributed by atoms with Crippen LogP contribution in [0.2, 0.25) is 0 Å². The fraction of sp³-hybridized carbons (Fsp3) is 0.250. The highest BCUT2D eigenvalue weighted by Crippen LogP contribution is 2.28. The Labute approximate surface area is 117 Å². The third-order valence-electron chi connectivity index (χ3n) is 3.44. The molecule has 3 rings (SSSR count). The molecule has 2 aromatic heterocycles. The molecule has 2 heterocycles. The van der Waals surface area contributed by atoms with Gasteiger partial charge in [0.2, 0.25) is 0 Å². The van der Waals surface area contributed by atoms with Crippen LogP contribution in [0.15, 0.2) is 46.2 Å². The quantitative estimate of drug-likeness (QED) is 0.765. The van der Waals surface area contributed by atoms with E-state index in [1.165, 1.54) is 15.8 Å². The van der Waals surface area contributed by atoms with Crippen LogP contribution in [-0.2, 0) is 6.42 Å². The lowest BCUT2D eigenvalue weighted by Crippen LogP contribution is -2.17. The Bertz CT molecular complexity index is 669. The zero-order chi connectivity index (χ0) is 13.2. The molecule has 1 aromatic carbocycles. The van der Waals surface area contributed by atoms with Crippen LogP contribution in [0.5, 0.6) is 0 Å². The number of thiophene rings is 1. The molecule has 0 saturated carbocycles. The van der Waals surface area contributed by atoms with Crippen molar-refractivity contribution in [2.24, 2.45) is 0 Å². The third kappa shape index (κ3) is 2.44. The van der Waals surface area contributed by atoms with E-state index in [9.17, 15) is 0 Å². The predicted octanol–water partition coefficient (Wildman–Crippen LogP) is 4.31. The van der Waals surface area contributed by atoms with Crippen molar-refractivity contribution < 1.29 is 4.42 Å². The van der Waals surface area contributed by atoms with Crippen LogP contribution in [0.3, 0.4) is 0 Å². The third-order valence-corrected chi connectivity index (χ3v) is 4.34. The first-order valence-electron chi connectivity index (χ1n) is 6.46. The fourth-order valence-corrected chi connectivity index (χ4v) is 3.13. The van der Waals surface area contributed by atoms with Crippen LogP contribution in [-0.4, -0.2) is 7.05 Å². The van der Waals surface area contributed by atoms with Gasteiger partial charge in [-0.15, -0.1) is 11.3 Å². The lowest BCUT2D eigenvalue weighted by Gasteiger charge is -2.12. The van der Waals surface area contributed by atoms with Crippen molar-refractivity contribution in [3.63, 3.8) is 0 Å². The van der Waals surface area contributed by atoms with E-state index < -0.39 is 0 Å². The number of aryl methyl sites for hydroxylation is 1. The summed E-state index contributed by atoms with van der Waals surface area (Å²) in [6, 6.07) is 12.9. The molecule has 0 fully saturated rings. The smallest absolute Gasteiger partial charge is 0.137 e. The van der Waals surface area contributed by atoms with E-state index in [0.717, 1.165) is 17.8 Å². The molecule has 1 unspecified atom stereocenters. The van der Waals surface area contributed by atoms with Gasteiger partial charge in [-0.05, 0) is 37.0 Å². The fourth-order valence-electron chi connectivity index (χ4n) is 2.38. The van der Waals surface area contributed by atoms with E-state index in [1.54, 1.807) is 11.3 Å². The molecule has 0 amide bonds. The lowest BCUT2D eigenvalue weighted by molar-refractivity contribution is 0.452. The minimum Gasteiger partial charge on any atom is -0.459 e. The van der Waals surface area contributed by atoms with Crippen LogP contribution in [0.25, 0.3) is 11.0 Å². The van der Waals surface area contributed by atoms with Crippen LogP contribution < -0.4 is 5.32 Å². The van der Waals surface area contributed by atoms with Gasteiger partial charge in [0.1, 0.15) is 11.3 Å². The minimum atomic E-state index is 0.227. The molecule has 2 nitrogen and oxygen atoms in total. The summed E-state index contributed by atoms with van der Waals surface area (Å²) in [6.07, 6.45) is 0.965. The highest BCUT2D eigenvalue weighted by atomic mass is 32.1. The Hall–Kier alpha value is -1.58. The molecular weight excluding hydrogens is 254 g/mol. The second-order valence-electron chi connectivity index (χ2n) is 4.77. The number of nitrogens with one attached hydrogen (secondary N) is 1. The van der Waals surface area contributed by atoms with E-state index in [1.807, 2.05) is 7.05 Å². The van der Waals surface area contributed by atoms with Gasteiger partial charge in [0.15, 0.2) is 0 Å². The Morgan fingerprint density at radius 2 is 2.16 bits per heavy atom. The van der Waals surface area contributed by atoms with Crippen molar-refractivity contribution in [2.45, 2.75) is 19.4 Å². The van der Waals surface area contributed by atoms with E-state index in [0.29, 0.717) is 0 Å². The summed E-state index contributed by atoms with van der Waals surface area (Å²) in [5, 5.41) is 6.65. The van der Waals surface area contributed by atoms with Gasteiger partial charge in [0.05, 0.1) is 6.04 Å². The second-order valence-corrected chi connectivity index (χ2v) is 5.80. The molecule has 0 saturated heterocycles. The van der Waals surface area contributed by atoms with Crippen LogP contribution >= 0.6 is 11.3 Å². The van der Waals surface area contributed by atoms with E-state index >= 15 is 0 Å². The maximum atomic E-state index is 6.04. The molecule has 1 atom stereocenters. The Morgan fingerprint density at radius 1 is 1.26 bits per heavy atom. The molecule has 3 heteroatoms. The summed E-state index contributed by atoms with van der Waals surface area (Å²) < 4.78 is 6.04. The maximum Gasteiger partial charge on any atom is 0.137 e.